The number of rotatable bonds is 5. The SMILES string of the molecule is CC[C@H](NC(=O)Cn1nc(C)c2ccccc2c1=O)c1ccccc1. The number of carbonyl (C=O) groups excluding carboxylic acids is 1. The Hall–Kier alpha value is -2.95. The van der Waals surface area contributed by atoms with Crippen molar-refractivity contribution in [2.24, 2.45) is 0 Å². The minimum atomic E-state index is -0.246. The van der Waals surface area contributed by atoms with E-state index < -0.39 is 0 Å². The highest BCUT2D eigenvalue weighted by Crippen LogP contribution is 2.16. The number of hydrogen-bond donors (Lipinski definition) is 1. The van der Waals surface area contributed by atoms with E-state index in [-0.39, 0.29) is 24.1 Å². The zero-order valence-electron chi connectivity index (χ0n) is 14.4. The molecule has 128 valence electrons. The minimum absolute atomic E-state index is 0.0778. The number of hydrogen-bond acceptors (Lipinski definition) is 3. The van der Waals surface area contributed by atoms with Crippen LogP contribution in [-0.2, 0) is 11.3 Å². The smallest absolute Gasteiger partial charge is 0.275 e. The van der Waals surface area contributed by atoms with Gasteiger partial charge in [-0.2, -0.15) is 5.10 Å². The summed E-state index contributed by atoms with van der Waals surface area (Å²) in [7, 11) is 0. The molecule has 0 saturated carbocycles. The zero-order chi connectivity index (χ0) is 17.8. The number of benzene rings is 2. The molecule has 1 amide bonds. The van der Waals surface area contributed by atoms with Crippen LogP contribution in [0.3, 0.4) is 0 Å². The second kappa shape index (κ2) is 7.30. The predicted octanol–water partition coefficient (Wildman–Crippen LogP) is 2.97. The molecule has 1 atom stereocenters. The molecule has 0 aliphatic heterocycles. The fourth-order valence-corrected chi connectivity index (χ4v) is 2.99. The lowest BCUT2D eigenvalue weighted by atomic mass is 10.0. The van der Waals surface area contributed by atoms with Crippen LogP contribution >= 0.6 is 0 Å². The molecular weight excluding hydrogens is 314 g/mol. The number of aryl methyl sites for hydroxylation is 1. The predicted molar refractivity (Wildman–Crippen MR) is 98.4 cm³/mol. The van der Waals surface area contributed by atoms with Crippen LogP contribution in [0.25, 0.3) is 10.8 Å². The lowest BCUT2D eigenvalue weighted by Gasteiger charge is -2.18. The molecule has 0 radical (unpaired) electrons. The first kappa shape index (κ1) is 16.9. The Kier molecular flexibility index (Phi) is 4.93. The van der Waals surface area contributed by atoms with Crippen LogP contribution in [-0.4, -0.2) is 15.7 Å². The quantitative estimate of drug-likeness (QED) is 0.779. The topological polar surface area (TPSA) is 64.0 Å². The van der Waals surface area contributed by atoms with Crippen molar-refractivity contribution in [2.75, 3.05) is 0 Å². The van der Waals surface area contributed by atoms with Gasteiger partial charge < -0.3 is 5.32 Å². The van der Waals surface area contributed by atoms with Crippen molar-refractivity contribution < 1.29 is 4.79 Å². The van der Waals surface area contributed by atoms with Crippen LogP contribution < -0.4 is 10.9 Å². The molecule has 3 aromatic rings. The number of nitrogens with zero attached hydrogens (tertiary/aromatic N) is 2. The highest BCUT2D eigenvalue weighted by Gasteiger charge is 2.15. The van der Waals surface area contributed by atoms with Crippen LogP contribution in [0, 0.1) is 6.92 Å². The lowest BCUT2D eigenvalue weighted by molar-refractivity contribution is -0.122. The molecule has 5 heteroatoms. The van der Waals surface area contributed by atoms with Gasteiger partial charge in [0.25, 0.3) is 5.56 Å². The Morgan fingerprint density at radius 1 is 1.08 bits per heavy atom. The van der Waals surface area contributed by atoms with Crippen molar-refractivity contribution >= 4 is 16.7 Å². The number of carbonyl (C=O) groups is 1. The summed E-state index contributed by atoms with van der Waals surface area (Å²) in [4.78, 5) is 25.0. The highest BCUT2D eigenvalue weighted by molar-refractivity contribution is 5.83. The van der Waals surface area contributed by atoms with E-state index in [0.717, 1.165) is 23.1 Å². The van der Waals surface area contributed by atoms with E-state index in [1.807, 2.05) is 62.4 Å². The molecular formula is C20H21N3O2. The standard InChI is InChI=1S/C20H21N3O2/c1-3-18(15-9-5-4-6-10-15)21-19(24)13-23-20(25)17-12-8-7-11-16(17)14(2)22-23/h4-12,18H,3,13H2,1-2H3,(H,21,24)/t18-/m0/s1. The third kappa shape index (κ3) is 3.60. The summed E-state index contributed by atoms with van der Waals surface area (Å²) in [5.74, 6) is -0.222. The minimum Gasteiger partial charge on any atom is -0.348 e. The van der Waals surface area contributed by atoms with E-state index in [4.69, 9.17) is 0 Å². The Morgan fingerprint density at radius 3 is 2.40 bits per heavy atom. The molecule has 0 unspecified atom stereocenters. The van der Waals surface area contributed by atoms with Gasteiger partial charge in [0.05, 0.1) is 17.1 Å². The normalized spacial score (nSPS) is 12.1. The monoisotopic (exact) mass is 335 g/mol. The van der Waals surface area contributed by atoms with Crippen LogP contribution in [0.2, 0.25) is 0 Å². The Morgan fingerprint density at radius 2 is 1.72 bits per heavy atom. The van der Waals surface area contributed by atoms with Gasteiger partial charge in [0.2, 0.25) is 5.91 Å². The second-order valence-electron chi connectivity index (χ2n) is 6.03. The number of nitrogens with one attached hydrogen (secondary N) is 1. The second-order valence-corrected chi connectivity index (χ2v) is 6.03. The van der Waals surface area contributed by atoms with E-state index in [0.29, 0.717) is 5.39 Å². The largest absolute Gasteiger partial charge is 0.348 e. The summed E-state index contributed by atoms with van der Waals surface area (Å²) >= 11 is 0. The fraction of sp³-hybridized carbons (Fsp3) is 0.250. The van der Waals surface area contributed by atoms with Crippen LogP contribution in [0.15, 0.2) is 59.4 Å². The Balaban J connectivity index is 1.82. The molecule has 1 heterocycles. The first-order chi connectivity index (χ1) is 12.1. The first-order valence-corrected chi connectivity index (χ1v) is 8.41. The molecule has 0 aliphatic rings. The summed E-state index contributed by atoms with van der Waals surface area (Å²) in [6.45, 7) is 3.77. The number of fused-ring (bicyclic) bond motifs is 1. The van der Waals surface area contributed by atoms with Gasteiger partial charge in [0, 0.05) is 5.39 Å². The van der Waals surface area contributed by atoms with Gasteiger partial charge >= 0.3 is 0 Å². The van der Waals surface area contributed by atoms with Gasteiger partial charge in [-0.3, -0.25) is 9.59 Å². The zero-order valence-corrected chi connectivity index (χ0v) is 14.4. The molecule has 0 saturated heterocycles. The van der Waals surface area contributed by atoms with Crippen LogP contribution in [0.5, 0.6) is 0 Å². The highest BCUT2D eigenvalue weighted by atomic mass is 16.2. The van der Waals surface area contributed by atoms with E-state index in [9.17, 15) is 9.59 Å². The average Bonchev–Trinajstić information content (AvgIpc) is 2.64. The maximum atomic E-state index is 12.6. The third-order valence-corrected chi connectivity index (χ3v) is 4.29. The summed E-state index contributed by atoms with van der Waals surface area (Å²) in [6.07, 6.45) is 0.773. The van der Waals surface area contributed by atoms with Gasteiger partial charge in [-0.05, 0) is 25.0 Å². The van der Waals surface area contributed by atoms with Crippen LogP contribution in [0.1, 0.15) is 30.6 Å². The van der Waals surface area contributed by atoms with E-state index in [1.165, 1.54) is 4.68 Å². The van der Waals surface area contributed by atoms with Crippen LogP contribution in [0.4, 0.5) is 0 Å². The Labute approximate surface area is 146 Å². The number of aromatic nitrogens is 2. The summed E-state index contributed by atoms with van der Waals surface area (Å²) in [5, 5.41) is 8.68. The maximum absolute atomic E-state index is 12.6. The average molecular weight is 335 g/mol. The van der Waals surface area contributed by atoms with Crippen molar-refractivity contribution in [3.63, 3.8) is 0 Å². The van der Waals surface area contributed by atoms with E-state index >= 15 is 0 Å². The summed E-state index contributed by atoms with van der Waals surface area (Å²) in [5.41, 5.74) is 1.54. The molecule has 0 aliphatic carbocycles. The third-order valence-electron chi connectivity index (χ3n) is 4.29. The lowest BCUT2D eigenvalue weighted by Crippen LogP contribution is -2.36. The van der Waals surface area contributed by atoms with Crippen molar-refractivity contribution in [3.05, 3.63) is 76.2 Å². The van der Waals surface area contributed by atoms with Gasteiger partial charge in [-0.25, -0.2) is 4.68 Å². The molecule has 0 fully saturated rings. The molecule has 1 N–H and O–H groups in total. The van der Waals surface area contributed by atoms with E-state index in [1.54, 1.807) is 6.07 Å². The molecule has 5 nitrogen and oxygen atoms in total. The van der Waals surface area contributed by atoms with Crippen molar-refractivity contribution in [3.8, 4) is 0 Å². The maximum Gasteiger partial charge on any atom is 0.275 e. The summed E-state index contributed by atoms with van der Waals surface area (Å²) < 4.78 is 1.24. The summed E-state index contributed by atoms with van der Waals surface area (Å²) in [6, 6.07) is 17.1. The molecule has 2 aromatic carbocycles. The molecule has 1 aromatic heterocycles. The fourth-order valence-electron chi connectivity index (χ4n) is 2.99. The van der Waals surface area contributed by atoms with Gasteiger partial charge in [0.1, 0.15) is 6.54 Å². The Bertz CT molecular complexity index is 948. The molecule has 3 rings (SSSR count). The van der Waals surface area contributed by atoms with Gasteiger partial charge in [0.15, 0.2) is 0 Å². The van der Waals surface area contributed by atoms with Gasteiger partial charge in [-0.1, -0.05) is 55.5 Å². The van der Waals surface area contributed by atoms with Crippen molar-refractivity contribution in [2.45, 2.75) is 32.9 Å². The first-order valence-electron chi connectivity index (χ1n) is 8.41. The molecule has 0 spiro atoms. The molecule has 25 heavy (non-hydrogen) atoms. The molecule has 0 bridgehead atoms. The van der Waals surface area contributed by atoms with Gasteiger partial charge in [-0.15, -0.1) is 0 Å². The van der Waals surface area contributed by atoms with E-state index in [2.05, 4.69) is 10.4 Å². The van der Waals surface area contributed by atoms with Crippen molar-refractivity contribution in [1.29, 1.82) is 0 Å². The number of amides is 1. The van der Waals surface area contributed by atoms with Crippen molar-refractivity contribution in [1.82, 2.24) is 15.1 Å².